The quantitative estimate of drug-likeness (QED) is 0.736. The predicted octanol–water partition coefficient (Wildman–Crippen LogP) is 4.32. The maximum atomic E-state index is 11.5. The molecule has 0 aromatic carbocycles. The van der Waals surface area contributed by atoms with Crippen molar-refractivity contribution >= 4 is 5.97 Å². The Hall–Kier alpha value is -0.570. The van der Waals surface area contributed by atoms with Crippen molar-refractivity contribution in [2.24, 2.45) is 22.7 Å². The topological polar surface area (TPSA) is 49.3 Å². The van der Waals surface area contributed by atoms with E-state index in [2.05, 4.69) is 26.1 Å². The Kier molecular flexibility index (Phi) is 6.71. The molecular formula is C18H35NO2. The largest absolute Gasteiger partial charge is 0.481 e. The van der Waals surface area contributed by atoms with Gasteiger partial charge in [0, 0.05) is 6.54 Å². The van der Waals surface area contributed by atoms with Crippen molar-refractivity contribution in [3.8, 4) is 0 Å². The van der Waals surface area contributed by atoms with E-state index in [-0.39, 0.29) is 0 Å². The number of carboxylic acid groups (broad SMARTS) is 1. The molecule has 0 unspecified atom stereocenters. The molecule has 2 N–H and O–H groups in total. The fraction of sp³-hybridized carbons (Fsp3) is 0.944. The summed E-state index contributed by atoms with van der Waals surface area (Å²) in [7, 11) is 0. The summed E-state index contributed by atoms with van der Waals surface area (Å²) in [4.78, 5) is 11.5. The van der Waals surface area contributed by atoms with Gasteiger partial charge in [0.2, 0.25) is 0 Å². The van der Waals surface area contributed by atoms with Crippen LogP contribution in [0.25, 0.3) is 0 Å². The minimum Gasteiger partial charge on any atom is -0.481 e. The predicted molar refractivity (Wildman–Crippen MR) is 88.4 cm³/mol. The Morgan fingerprint density at radius 3 is 2.00 bits per heavy atom. The number of aliphatic carboxylic acids is 1. The Bertz CT molecular complexity index is 321. The fourth-order valence-electron chi connectivity index (χ4n) is 3.63. The minimum absolute atomic E-state index is 0.432. The molecule has 0 saturated heterocycles. The van der Waals surface area contributed by atoms with E-state index in [1.807, 2.05) is 13.8 Å². The summed E-state index contributed by atoms with van der Waals surface area (Å²) < 4.78 is 0. The highest BCUT2D eigenvalue weighted by Crippen LogP contribution is 2.39. The maximum Gasteiger partial charge on any atom is 0.310 e. The normalized spacial score (nSPS) is 24.0. The third-order valence-corrected chi connectivity index (χ3v) is 5.78. The number of hydrogen-bond donors (Lipinski definition) is 2. The second-order valence-electron chi connectivity index (χ2n) is 8.01. The van der Waals surface area contributed by atoms with E-state index < -0.39 is 11.4 Å². The smallest absolute Gasteiger partial charge is 0.310 e. The minimum atomic E-state index is -0.656. The first-order valence-electron chi connectivity index (χ1n) is 8.69. The summed E-state index contributed by atoms with van der Waals surface area (Å²) >= 11 is 0. The second-order valence-corrected chi connectivity index (χ2v) is 8.01. The maximum absolute atomic E-state index is 11.5. The summed E-state index contributed by atoms with van der Waals surface area (Å²) in [6.45, 7) is 12.6. The highest BCUT2D eigenvalue weighted by Gasteiger charge is 2.35. The summed E-state index contributed by atoms with van der Waals surface area (Å²) in [5.41, 5.74) is -0.149. The highest BCUT2D eigenvalue weighted by molar-refractivity contribution is 5.74. The van der Waals surface area contributed by atoms with Crippen LogP contribution in [-0.4, -0.2) is 24.2 Å². The molecule has 1 aliphatic carbocycles. The van der Waals surface area contributed by atoms with Gasteiger partial charge in [-0.15, -0.1) is 0 Å². The summed E-state index contributed by atoms with van der Waals surface area (Å²) in [6, 6.07) is 0. The zero-order valence-electron chi connectivity index (χ0n) is 14.7. The van der Waals surface area contributed by atoms with E-state index >= 15 is 0 Å². The van der Waals surface area contributed by atoms with Crippen LogP contribution in [0.2, 0.25) is 0 Å². The first-order chi connectivity index (χ1) is 9.75. The lowest BCUT2D eigenvalue weighted by Gasteiger charge is -2.37. The first kappa shape index (κ1) is 18.5. The summed E-state index contributed by atoms with van der Waals surface area (Å²) in [5, 5.41) is 12.9. The van der Waals surface area contributed by atoms with E-state index in [0.717, 1.165) is 18.4 Å². The van der Waals surface area contributed by atoms with E-state index in [4.69, 9.17) is 0 Å². The van der Waals surface area contributed by atoms with Crippen LogP contribution < -0.4 is 5.32 Å². The second kappa shape index (κ2) is 7.62. The van der Waals surface area contributed by atoms with Crippen LogP contribution in [0.3, 0.4) is 0 Å². The molecule has 3 nitrogen and oxygen atoms in total. The molecule has 124 valence electrons. The fourth-order valence-corrected chi connectivity index (χ4v) is 3.63. The van der Waals surface area contributed by atoms with E-state index in [1.54, 1.807) is 0 Å². The number of nitrogens with one attached hydrogen (secondary N) is 1. The molecule has 1 saturated carbocycles. The van der Waals surface area contributed by atoms with Crippen molar-refractivity contribution in [3.05, 3.63) is 0 Å². The van der Waals surface area contributed by atoms with E-state index in [1.165, 1.54) is 25.7 Å². The van der Waals surface area contributed by atoms with Gasteiger partial charge in [0.05, 0.1) is 5.41 Å². The number of carbonyl (C=O) groups is 1. The zero-order valence-corrected chi connectivity index (χ0v) is 14.7. The van der Waals surface area contributed by atoms with Crippen molar-refractivity contribution in [2.75, 3.05) is 13.1 Å². The van der Waals surface area contributed by atoms with Gasteiger partial charge in [-0.3, -0.25) is 4.79 Å². The Morgan fingerprint density at radius 2 is 1.62 bits per heavy atom. The van der Waals surface area contributed by atoms with Gasteiger partial charge in [-0.1, -0.05) is 34.6 Å². The zero-order chi connectivity index (χ0) is 16.1. The lowest BCUT2D eigenvalue weighted by Crippen LogP contribution is -2.42. The van der Waals surface area contributed by atoms with Gasteiger partial charge in [-0.25, -0.2) is 0 Å². The molecule has 0 atom stereocenters. The number of carboxylic acids is 1. The SMILES string of the molecule is CCC(CC)(CNCC1CCC(C(C)(C)C)CC1)C(=O)O. The lowest BCUT2D eigenvalue weighted by molar-refractivity contribution is -0.149. The molecule has 0 aromatic heterocycles. The van der Waals surface area contributed by atoms with Crippen molar-refractivity contribution in [2.45, 2.75) is 73.1 Å². The van der Waals surface area contributed by atoms with Gasteiger partial charge >= 0.3 is 5.97 Å². The third-order valence-electron chi connectivity index (χ3n) is 5.78. The van der Waals surface area contributed by atoms with Crippen molar-refractivity contribution in [1.82, 2.24) is 5.32 Å². The molecule has 0 bridgehead atoms. The lowest BCUT2D eigenvalue weighted by atomic mass is 9.70. The molecule has 1 fully saturated rings. The van der Waals surface area contributed by atoms with E-state index in [0.29, 0.717) is 24.8 Å². The van der Waals surface area contributed by atoms with Crippen LogP contribution >= 0.6 is 0 Å². The molecule has 0 aromatic rings. The Labute approximate surface area is 130 Å². The summed E-state index contributed by atoms with van der Waals surface area (Å²) in [5.74, 6) is 0.915. The number of hydrogen-bond acceptors (Lipinski definition) is 2. The van der Waals surface area contributed by atoms with Crippen LogP contribution in [0.1, 0.15) is 73.1 Å². The van der Waals surface area contributed by atoms with Crippen molar-refractivity contribution in [1.29, 1.82) is 0 Å². The third kappa shape index (κ3) is 4.98. The van der Waals surface area contributed by atoms with Crippen LogP contribution in [0.5, 0.6) is 0 Å². The Morgan fingerprint density at radius 1 is 1.10 bits per heavy atom. The van der Waals surface area contributed by atoms with Crippen molar-refractivity contribution < 1.29 is 9.90 Å². The molecule has 1 rings (SSSR count). The number of rotatable bonds is 7. The molecule has 21 heavy (non-hydrogen) atoms. The van der Waals surface area contributed by atoms with Crippen molar-refractivity contribution in [3.63, 3.8) is 0 Å². The van der Waals surface area contributed by atoms with E-state index in [9.17, 15) is 9.90 Å². The molecule has 3 heteroatoms. The molecule has 0 aliphatic heterocycles. The Balaban J connectivity index is 2.36. The summed E-state index contributed by atoms with van der Waals surface area (Å²) in [6.07, 6.45) is 6.61. The monoisotopic (exact) mass is 297 g/mol. The molecule has 1 aliphatic rings. The average molecular weight is 297 g/mol. The molecular weight excluding hydrogens is 262 g/mol. The standard InChI is InChI=1S/C18H35NO2/c1-6-18(7-2,16(20)21)13-19-12-14-8-10-15(11-9-14)17(3,4)5/h14-15,19H,6-13H2,1-5H3,(H,20,21). The van der Waals surface area contributed by atoms with Gasteiger partial charge in [0.25, 0.3) is 0 Å². The van der Waals surface area contributed by atoms with Gasteiger partial charge in [0.15, 0.2) is 0 Å². The van der Waals surface area contributed by atoms with Crippen LogP contribution in [-0.2, 0) is 4.79 Å². The van der Waals surface area contributed by atoms with Crippen LogP contribution in [0, 0.1) is 22.7 Å². The van der Waals surface area contributed by atoms with Gasteiger partial charge < -0.3 is 10.4 Å². The molecule has 0 amide bonds. The molecule has 0 heterocycles. The first-order valence-corrected chi connectivity index (χ1v) is 8.69. The van der Waals surface area contributed by atoms with Gasteiger partial charge in [-0.2, -0.15) is 0 Å². The average Bonchev–Trinajstić information content (AvgIpc) is 2.43. The highest BCUT2D eigenvalue weighted by atomic mass is 16.4. The molecule has 0 radical (unpaired) electrons. The van der Waals surface area contributed by atoms with Gasteiger partial charge in [0.1, 0.15) is 0 Å². The molecule has 0 spiro atoms. The van der Waals surface area contributed by atoms with Crippen LogP contribution in [0.15, 0.2) is 0 Å². The van der Waals surface area contributed by atoms with Gasteiger partial charge in [-0.05, 0) is 62.3 Å². The van der Waals surface area contributed by atoms with Crippen LogP contribution in [0.4, 0.5) is 0 Å².